The predicted molar refractivity (Wildman–Crippen MR) is 158 cm³/mol. The maximum absolute atomic E-state index is 12.3. The highest BCUT2D eigenvalue weighted by Gasteiger charge is 2.40. The van der Waals surface area contributed by atoms with Crippen LogP contribution in [0.5, 0.6) is 0 Å². The summed E-state index contributed by atoms with van der Waals surface area (Å²) in [5.41, 5.74) is 0.708. The quantitative estimate of drug-likeness (QED) is 0.0923. The number of amides is 2. The van der Waals surface area contributed by atoms with Gasteiger partial charge in [-0.05, 0) is 71.2 Å². The summed E-state index contributed by atoms with van der Waals surface area (Å²) in [6, 6.07) is 1.11. The summed E-state index contributed by atoms with van der Waals surface area (Å²) >= 11 is 0. The third-order valence-corrected chi connectivity index (χ3v) is 16.1. The molecule has 39 heavy (non-hydrogen) atoms. The van der Waals surface area contributed by atoms with Crippen molar-refractivity contribution >= 4 is 48.9 Å². The van der Waals surface area contributed by atoms with Crippen LogP contribution in [0.4, 0.5) is 4.79 Å². The zero-order chi connectivity index (χ0) is 30.3. The summed E-state index contributed by atoms with van der Waals surface area (Å²) in [5, 5.41) is 5.14. The highest BCUT2D eigenvalue weighted by molar-refractivity contribution is 6.88. The lowest BCUT2D eigenvalue weighted by Gasteiger charge is -2.38. The third kappa shape index (κ3) is 19.6. The number of rotatable bonds is 20. The van der Waals surface area contributed by atoms with Crippen molar-refractivity contribution in [2.24, 2.45) is 0 Å². The number of hydrogen-bond acceptors (Lipinski definition) is 9. The number of Topliss-reactive ketones (excluding diaryl/α,β-unsaturated/α-hetero) is 1. The van der Waals surface area contributed by atoms with Gasteiger partial charge in [-0.2, -0.15) is 0 Å². The Morgan fingerprint density at radius 3 is 1.95 bits per heavy atom. The average Bonchev–Trinajstić information content (AvgIpc) is 2.77. The molecule has 0 aromatic carbocycles. The lowest BCUT2D eigenvalue weighted by atomic mass is 10.2. The molecule has 224 valence electrons. The van der Waals surface area contributed by atoms with Crippen molar-refractivity contribution in [2.75, 3.05) is 39.5 Å². The van der Waals surface area contributed by atoms with Crippen LogP contribution in [0.25, 0.3) is 0 Å². The Labute approximate surface area is 236 Å². The monoisotopic (exact) mass is 604 g/mol. The summed E-state index contributed by atoms with van der Waals surface area (Å²) < 4.78 is 28.4. The smallest absolute Gasteiger partial charge is 0.407 e. The minimum atomic E-state index is -2.50. The van der Waals surface area contributed by atoms with Crippen LogP contribution in [0.15, 0.2) is 24.3 Å². The molecule has 0 aromatic heterocycles. The second-order valence-corrected chi connectivity index (χ2v) is 23.3. The van der Waals surface area contributed by atoms with E-state index >= 15 is 0 Å². The molecule has 0 bridgehead atoms. The lowest BCUT2D eigenvalue weighted by molar-refractivity contribution is -0.138. The van der Waals surface area contributed by atoms with Gasteiger partial charge in [-0.1, -0.05) is 13.2 Å². The first kappa shape index (κ1) is 36.9. The molecular weight excluding hydrogens is 557 g/mol. The van der Waals surface area contributed by atoms with Crippen LogP contribution < -0.4 is 10.6 Å². The fourth-order valence-electron chi connectivity index (χ4n) is 3.58. The van der Waals surface area contributed by atoms with E-state index in [0.29, 0.717) is 17.8 Å². The average molecular weight is 605 g/mol. The van der Waals surface area contributed by atoms with Gasteiger partial charge < -0.3 is 33.1 Å². The zero-order valence-corrected chi connectivity index (χ0v) is 28.0. The lowest BCUT2D eigenvalue weighted by Crippen LogP contribution is -2.53. The van der Waals surface area contributed by atoms with E-state index in [0.717, 1.165) is 12.5 Å². The van der Waals surface area contributed by atoms with Gasteiger partial charge in [0.15, 0.2) is 22.4 Å². The number of carbonyl (C=O) groups excluding carboxylic acids is 4. The Balaban J connectivity index is 4.22. The van der Waals surface area contributed by atoms with Gasteiger partial charge in [0.25, 0.3) is 0 Å². The predicted octanol–water partition coefficient (Wildman–Crippen LogP) is 3.65. The van der Waals surface area contributed by atoms with Gasteiger partial charge in [0.05, 0.1) is 19.7 Å². The molecule has 0 spiro atoms. The van der Waals surface area contributed by atoms with Crippen molar-refractivity contribution < 1.29 is 41.6 Å². The van der Waals surface area contributed by atoms with Crippen LogP contribution in [-0.4, -0.2) is 88.5 Å². The molecule has 0 unspecified atom stereocenters. The molecule has 0 saturated carbocycles. The topological polar surface area (TPSA) is 138 Å². The number of carbonyl (C=O) groups is 4. The number of nitrogens with one attached hydrogen (secondary N) is 2. The molecule has 0 aliphatic heterocycles. The van der Waals surface area contributed by atoms with Crippen LogP contribution in [0.2, 0.25) is 51.4 Å². The summed E-state index contributed by atoms with van der Waals surface area (Å²) in [4.78, 5) is 46.9. The van der Waals surface area contributed by atoms with Crippen LogP contribution in [0.1, 0.15) is 20.3 Å². The molecule has 0 aliphatic rings. The number of esters is 1. The molecule has 2 N–H and O–H groups in total. The largest absolute Gasteiger partial charge is 0.460 e. The van der Waals surface area contributed by atoms with E-state index in [1.807, 2.05) is 26.2 Å². The molecular formula is C25H48N2O9Si3. The summed E-state index contributed by atoms with van der Waals surface area (Å²) in [6.07, 6.45) is 0.188. The fraction of sp³-hybridized carbons (Fsp3) is 0.680. The SMILES string of the molecule is C=C(C)C(=O)CNC(=O)C[Si](C)(C)O[Si](C)(C)O[Si](C)(C)CCCOCCOC(=O)NCCOC(=O)C(=C)C. The van der Waals surface area contributed by atoms with Gasteiger partial charge in [-0.3, -0.25) is 9.59 Å². The number of ketones is 1. The van der Waals surface area contributed by atoms with Crippen LogP contribution >= 0.6 is 0 Å². The standard InChI is InChI=1S/C25H48N2O9Si3/c1-20(2)22(28)18-27-23(29)19-38(7,8)36-39(9,10)35-37(5,6)17-11-13-32-15-16-34-25(31)26-12-14-33-24(30)21(3)4/h1,3,11-19H2,2,4-10H3,(H,26,31)(H,27,29). The van der Waals surface area contributed by atoms with Gasteiger partial charge >= 0.3 is 20.6 Å². The molecule has 0 aromatic rings. The number of alkyl carbamates (subject to hydrolysis) is 1. The summed E-state index contributed by atoms with van der Waals surface area (Å²) in [5.74, 6) is -0.897. The number of ether oxygens (including phenoxy) is 3. The maximum atomic E-state index is 12.3. The van der Waals surface area contributed by atoms with Crippen molar-refractivity contribution in [2.45, 2.75) is 71.6 Å². The minimum Gasteiger partial charge on any atom is -0.460 e. The molecule has 2 amide bonds. The van der Waals surface area contributed by atoms with E-state index < -0.39 is 37.3 Å². The van der Waals surface area contributed by atoms with E-state index in [-0.39, 0.29) is 50.6 Å². The van der Waals surface area contributed by atoms with Crippen LogP contribution in [-0.2, 0) is 36.8 Å². The first-order valence-electron chi connectivity index (χ1n) is 13.0. The normalized spacial score (nSPS) is 11.9. The van der Waals surface area contributed by atoms with Gasteiger partial charge in [0, 0.05) is 18.2 Å². The third-order valence-electron chi connectivity index (χ3n) is 5.03. The Morgan fingerprint density at radius 2 is 1.36 bits per heavy atom. The molecule has 0 saturated heterocycles. The van der Waals surface area contributed by atoms with Crippen molar-refractivity contribution in [1.82, 2.24) is 10.6 Å². The van der Waals surface area contributed by atoms with E-state index in [2.05, 4.69) is 36.9 Å². The van der Waals surface area contributed by atoms with E-state index in [4.69, 9.17) is 22.4 Å². The first-order valence-corrected chi connectivity index (χ1v) is 22.1. The highest BCUT2D eigenvalue weighted by atomic mass is 28.5. The van der Waals surface area contributed by atoms with Crippen molar-refractivity contribution in [3.8, 4) is 0 Å². The maximum Gasteiger partial charge on any atom is 0.407 e. The molecule has 14 heteroatoms. The van der Waals surface area contributed by atoms with Crippen molar-refractivity contribution in [3.63, 3.8) is 0 Å². The van der Waals surface area contributed by atoms with Gasteiger partial charge in [0.1, 0.15) is 13.2 Å². The summed E-state index contributed by atoms with van der Waals surface area (Å²) in [6.45, 7) is 23.5. The van der Waals surface area contributed by atoms with Gasteiger partial charge in [0.2, 0.25) is 5.91 Å². The van der Waals surface area contributed by atoms with Crippen molar-refractivity contribution in [1.29, 1.82) is 0 Å². The first-order chi connectivity index (χ1) is 17.9. The second-order valence-electron chi connectivity index (χ2n) is 11.0. The van der Waals surface area contributed by atoms with E-state index in [1.54, 1.807) is 13.8 Å². The Bertz CT molecular complexity index is 877. The molecule has 0 heterocycles. The molecule has 0 atom stereocenters. The Morgan fingerprint density at radius 1 is 0.744 bits per heavy atom. The Hall–Kier alpha value is -2.11. The Kier molecular flexibility index (Phi) is 16.6. The molecule has 0 aliphatic carbocycles. The minimum absolute atomic E-state index is 0.0385. The zero-order valence-electron chi connectivity index (χ0n) is 25.0. The number of hydrogen-bond donors (Lipinski definition) is 2. The highest BCUT2D eigenvalue weighted by Crippen LogP contribution is 2.25. The molecule has 11 nitrogen and oxygen atoms in total. The fourth-order valence-corrected chi connectivity index (χ4v) is 17.4. The van der Waals surface area contributed by atoms with E-state index in [1.165, 1.54) is 0 Å². The van der Waals surface area contributed by atoms with Gasteiger partial charge in [-0.25, -0.2) is 9.59 Å². The van der Waals surface area contributed by atoms with Crippen molar-refractivity contribution in [3.05, 3.63) is 24.3 Å². The van der Waals surface area contributed by atoms with E-state index in [9.17, 15) is 19.2 Å². The van der Waals surface area contributed by atoms with Gasteiger partial charge in [-0.15, -0.1) is 0 Å². The molecule has 0 rings (SSSR count). The molecule has 0 radical (unpaired) electrons. The molecule has 0 fully saturated rings. The summed E-state index contributed by atoms with van der Waals surface area (Å²) in [7, 11) is -6.92. The van der Waals surface area contributed by atoms with Crippen LogP contribution in [0, 0.1) is 0 Å². The van der Waals surface area contributed by atoms with Crippen LogP contribution in [0.3, 0.4) is 0 Å². The second kappa shape index (κ2) is 17.6.